The molecule has 1 aromatic rings. The van der Waals surface area contributed by atoms with E-state index >= 15 is 0 Å². The SMILES string of the molecule is Fc1ccc(C2=CCC[C@H]3CC[C@@H]2N3)cn1. The summed E-state index contributed by atoms with van der Waals surface area (Å²) in [5.74, 6) is -0.407. The number of rotatable bonds is 1. The van der Waals surface area contributed by atoms with Crippen molar-refractivity contribution in [3.63, 3.8) is 0 Å². The molecule has 3 heteroatoms. The van der Waals surface area contributed by atoms with Crippen LogP contribution < -0.4 is 5.32 Å². The smallest absolute Gasteiger partial charge is 0.212 e. The first-order chi connectivity index (χ1) is 7.83. The fraction of sp³-hybridized carbons (Fsp3) is 0.462. The molecule has 1 N–H and O–H groups in total. The highest BCUT2D eigenvalue weighted by Crippen LogP contribution is 2.31. The molecule has 0 aliphatic carbocycles. The fourth-order valence-corrected chi connectivity index (χ4v) is 2.74. The molecule has 2 atom stereocenters. The van der Waals surface area contributed by atoms with E-state index in [1.807, 2.05) is 6.07 Å². The lowest BCUT2D eigenvalue weighted by Crippen LogP contribution is -2.28. The van der Waals surface area contributed by atoms with E-state index in [9.17, 15) is 4.39 Å². The van der Waals surface area contributed by atoms with Gasteiger partial charge in [-0.25, -0.2) is 4.98 Å². The van der Waals surface area contributed by atoms with Crippen LogP contribution in [0.2, 0.25) is 0 Å². The van der Waals surface area contributed by atoms with Crippen LogP contribution in [0.4, 0.5) is 4.39 Å². The minimum atomic E-state index is -0.407. The van der Waals surface area contributed by atoms with Gasteiger partial charge in [-0.2, -0.15) is 4.39 Å². The van der Waals surface area contributed by atoms with Crippen molar-refractivity contribution in [2.75, 3.05) is 0 Å². The second kappa shape index (κ2) is 3.98. The number of halogens is 1. The Balaban J connectivity index is 1.92. The van der Waals surface area contributed by atoms with E-state index in [-0.39, 0.29) is 0 Å². The van der Waals surface area contributed by atoms with E-state index in [0.717, 1.165) is 12.0 Å². The van der Waals surface area contributed by atoms with Crippen LogP contribution in [0.5, 0.6) is 0 Å². The Bertz CT molecular complexity index is 410. The normalized spacial score (nSPS) is 28.7. The first-order valence-corrected chi connectivity index (χ1v) is 5.91. The zero-order chi connectivity index (χ0) is 11.0. The van der Waals surface area contributed by atoms with Gasteiger partial charge in [-0.1, -0.05) is 6.08 Å². The van der Waals surface area contributed by atoms with Crippen molar-refractivity contribution in [2.24, 2.45) is 0 Å². The molecule has 1 aromatic heterocycles. The summed E-state index contributed by atoms with van der Waals surface area (Å²) in [6, 6.07) is 4.38. The average Bonchev–Trinajstić information content (AvgIpc) is 2.63. The fourth-order valence-electron chi connectivity index (χ4n) is 2.74. The average molecular weight is 218 g/mol. The lowest BCUT2D eigenvalue weighted by atomic mass is 9.95. The summed E-state index contributed by atoms with van der Waals surface area (Å²) in [7, 11) is 0. The predicted molar refractivity (Wildman–Crippen MR) is 61.4 cm³/mol. The van der Waals surface area contributed by atoms with E-state index in [1.54, 1.807) is 6.20 Å². The lowest BCUT2D eigenvalue weighted by molar-refractivity contribution is 0.559. The van der Waals surface area contributed by atoms with E-state index in [0.29, 0.717) is 12.1 Å². The number of fused-ring (bicyclic) bond motifs is 2. The maximum atomic E-state index is 12.8. The van der Waals surface area contributed by atoms with Crippen molar-refractivity contribution >= 4 is 5.57 Å². The highest BCUT2D eigenvalue weighted by Gasteiger charge is 2.28. The minimum absolute atomic E-state index is 0.407. The van der Waals surface area contributed by atoms with Gasteiger partial charge < -0.3 is 5.32 Å². The second-order valence-corrected chi connectivity index (χ2v) is 4.60. The summed E-state index contributed by atoms with van der Waals surface area (Å²) in [5.41, 5.74) is 2.36. The van der Waals surface area contributed by atoms with Gasteiger partial charge in [-0.15, -0.1) is 0 Å². The Kier molecular flexibility index (Phi) is 2.48. The Morgan fingerprint density at radius 3 is 3.00 bits per heavy atom. The zero-order valence-corrected chi connectivity index (χ0v) is 9.12. The summed E-state index contributed by atoms with van der Waals surface area (Å²) in [6.07, 6.45) is 8.70. The number of pyridine rings is 1. The number of allylic oxidation sites excluding steroid dienone is 1. The largest absolute Gasteiger partial charge is 0.307 e. The molecule has 1 fully saturated rings. The third-order valence-corrected chi connectivity index (χ3v) is 3.56. The monoisotopic (exact) mass is 218 g/mol. The standard InChI is InChI=1S/C13H15FN2/c14-13-7-4-9(8-15-13)11-3-1-2-10-5-6-12(11)16-10/h3-4,7-8,10,12,16H,1-2,5-6H2/t10-,12-/m0/s1. The minimum Gasteiger partial charge on any atom is -0.307 e. The Morgan fingerprint density at radius 2 is 2.19 bits per heavy atom. The molecule has 0 spiro atoms. The number of aromatic nitrogens is 1. The molecule has 2 aliphatic rings. The Morgan fingerprint density at radius 1 is 1.25 bits per heavy atom. The molecule has 16 heavy (non-hydrogen) atoms. The third kappa shape index (κ3) is 1.76. The second-order valence-electron chi connectivity index (χ2n) is 4.60. The van der Waals surface area contributed by atoms with Gasteiger partial charge in [-0.3, -0.25) is 0 Å². The molecule has 0 radical (unpaired) electrons. The summed E-state index contributed by atoms with van der Waals surface area (Å²) in [6.45, 7) is 0. The molecule has 84 valence electrons. The summed E-state index contributed by atoms with van der Waals surface area (Å²) >= 11 is 0. The van der Waals surface area contributed by atoms with Crippen molar-refractivity contribution in [1.82, 2.24) is 10.3 Å². The van der Waals surface area contributed by atoms with Gasteiger partial charge in [0.2, 0.25) is 5.95 Å². The molecule has 0 aromatic carbocycles. The van der Waals surface area contributed by atoms with Crippen LogP contribution in [-0.4, -0.2) is 17.1 Å². The first kappa shape index (κ1) is 9.97. The van der Waals surface area contributed by atoms with Gasteiger partial charge in [0, 0.05) is 18.3 Å². The molecule has 3 heterocycles. The van der Waals surface area contributed by atoms with Crippen LogP contribution in [0.3, 0.4) is 0 Å². The zero-order valence-electron chi connectivity index (χ0n) is 9.12. The number of nitrogens with zero attached hydrogens (tertiary/aromatic N) is 1. The number of hydrogen-bond donors (Lipinski definition) is 1. The molecule has 2 aliphatic heterocycles. The van der Waals surface area contributed by atoms with Gasteiger partial charge in [-0.05, 0) is 49.0 Å². The van der Waals surface area contributed by atoms with E-state index in [4.69, 9.17) is 0 Å². The summed E-state index contributed by atoms with van der Waals surface area (Å²) in [5, 5.41) is 3.63. The van der Waals surface area contributed by atoms with Crippen LogP contribution in [0, 0.1) is 5.95 Å². The van der Waals surface area contributed by atoms with Crippen LogP contribution >= 0.6 is 0 Å². The molecule has 1 saturated heterocycles. The van der Waals surface area contributed by atoms with Crippen molar-refractivity contribution < 1.29 is 4.39 Å². The van der Waals surface area contributed by atoms with E-state index < -0.39 is 5.95 Å². The van der Waals surface area contributed by atoms with Gasteiger partial charge in [0.25, 0.3) is 0 Å². The number of hydrogen-bond acceptors (Lipinski definition) is 2. The molecule has 2 nitrogen and oxygen atoms in total. The van der Waals surface area contributed by atoms with Gasteiger partial charge >= 0.3 is 0 Å². The van der Waals surface area contributed by atoms with Gasteiger partial charge in [0.15, 0.2) is 0 Å². The molecule has 3 rings (SSSR count). The van der Waals surface area contributed by atoms with Gasteiger partial charge in [0.05, 0.1) is 0 Å². The van der Waals surface area contributed by atoms with E-state index in [1.165, 1.54) is 30.9 Å². The highest BCUT2D eigenvalue weighted by atomic mass is 19.1. The summed E-state index contributed by atoms with van der Waals surface area (Å²) < 4.78 is 12.8. The third-order valence-electron chi connectivity index (χ3n) is 3.56. The molecule has 0 saturated carbocycles. The van der Waals surface area contributed by atoms with Gasteiger partial charge in [0.1, 0.15) is 0 Å². The maximum Gasteiger partial charge on any atom is 0.212 e. The molecule has 2 bridgehead atoms. The van der Waals surface area contributed by atoms with E-state index in [2.05, 4.69) is 16.4 Å². The molecule has 0 unspecified atom stereocenters. The summed E-state index contributed by atoms with van der Waals surface area (Å²) in [4.78, 5) is 3.73. The topological polar surface area (TPSA) is 24.9 Å². The van der Waals surface area contributed by atoms with Crippen LogP contribution in [0.25, 0.3) is 5.57 Å². The van der Waals surface area contributed by atoms with Crippen molar-refractivity contribution in [3.8, 4) is 0 Å². The highest BCUT2D eigenvalue weighted by molar-refractivity contribution is 5.69. The van der Waals surface area contributed by atoms with Crippen LogP contribution in [0.15, 0.2) is 24.4 Å². The number of nitrogens with one attached hydrogen (secondary N) is 1. The van der Waals surface area contributed by atoms with Crippen molar-refractivity contribution in [1.29, 1.82) is 0 Å². The molecular formula is C13H15FN2. The first-order valence-electron chi connectivity index (χ1n) is 5.91. The van der Waals surface area contributed by atoms with Crippen molar-refractivity contribution in [2.45, 2.75) is 37.8 Å². The molecular weight excluding hydrogens is 203 g/mol. The maximum absolute atomic E-state index is 12.8. The Labute approximate surface area is 94.6 Å². The Hall–Kier alpha value is -1.22. The van der Waals surface area contributed by atoms with Crippen LogP contribution in [0.1, 0.15) is 31.2 Å². The predicted octanol–water partition coefficient (Wildman–Crippen LogP) is 2.52. The van der Waals surface area contributed by atoms with Crippen LogP contribution in [-0.2, 0) is 0 Å². The van der Waals surface area contributed by atoms with Crippen molar-refractivity contribution in [3.05, 3.63) is 35.9 Å². The molecule has 0 amide bonds. The lowest BCUT2D eigenvalue weighted by Gasteiger charge is -2.14. The quantitative estimate of drug-likeness (QED) is 0.733.